The Balaban J connectivity index is 0.00000288. The van der Waals surface area contributed by atoms with Gasteiger partial charge in [0, 0.05) is 17.8 Å². The maximum atomic E-state index is 8.97. The van der Waals surface area contributed by atoms with Crippen molar-refractivity contribution in [1.82, 2.24) is 10.6 Å². The van der Waals surface area contributed by atoms with Crippen LogP contribution in [0.5, 0.6) is 0 Å². The summed E-state index contributed by atoms with van der Waals surface area (Å²) in [7, 11) is 0. The summed E-state index contributed by atoms with van der Waals surface area (Å²) < 4.78 is 0. The number of halogens is 1. The fourth-order valence-corrected chi connectivity index (χ4v) is 4.02. The zero-order valence-corrected chi connectivity index (χ0v) is 17.6. The van der Waals surface area contributed by atoms with Crippen molar-refractivity contribution in [3.05, 3.63) is 35.4 Å². The van der Waals surface area contributed by atoms with E-state index in [-0.39, 0.29) is 24.0 Å². The number of nitrogens with one attached hydrogen (secondary N) is 2. The molecule has 2 unspecified atom stereocenters. The number of hydrogen-bond acceptors (Lipinski definition) is 3. The summed E-state index contributed by atoms with van der Waals surface area (Å²) in [6.07, 6.45) is 3.72. The molecule has 1 aliphatic carbocycles. The Kier molecular flexibility index (Phi) is 10.2. The van der Waals surface area contributed by atoms with Gasteiger partial charge in [-0.3, -0.25) is 0 Å². The van der Waals surface area contributed by atoms with Crippen LogP contribution >= 0.6 is 35.7 Å². The van der Waals surface area contributed by atoms with Gasteiger partial charge in [-0.2, -0.15) is 17.0 Å². The van der Waals surface area contributed by atoms with Gasteiger partial charge in [-0.15, -0.1) is 24.0 Å². The molecule has 0 bridgehead atoms. The third-order valence-electron chi connectivity index (χ3n) is 3.95. The molecule has 0 heterocycles. The summed E-state index contributed by atoms with van der Waals surface area (Å²) in [5.41, 5.74) is 1.75. The summed E-state index contributed by atoms with van der Waals surface area (Å²) >= 11 is 2.07. The van der Waals surface area contributed by atoms with Crippen LogP contribution in [0.4, 0.5) is 0 Å². The Morgan fingerprint density at radius 1 is 1.38 bits per heavy atom. The third kappa shape index (κ3) is 6.89. The van der Waals surface area contributed by atoms with Gasteiger partial charge >= 0.3 is 0 Å². The third-order valence-corrected chi connectivity index (χ3v) is 5.18. The lowest BCUT2D eigenvalue weighted by Crippen LogP contribution is -2.42. The topological polar surface area (TPSA) is 60.2 Å². The highest BCUT2D eigenvalue weighted by atomic mass is 127. The number of aliphatic imine (C=N–C) groups is 1. The summed E-state index contributed by atoms with van der Waals surface area (Å²) in [5.74, 6) is 2.07. The van der Waals surface area contributed by atoms with Crippen molar-refractivity contribution in [2.75, 3.05) is 12.3 Å². The molecular formula is C18H27IN4S. The quantitative estimate of drug-likeness (QED) is 0.386. The first kappa shape index (κ1) is 21.1. The van der Waals surface area contributed by atoms with Crippen LogP contribution in [0.3, 0.4) is 0 Å². The second-order valence-electron chi connectivity index (χ2n) is 5.74. The van der Waals surface area contributed by atoms with Gasteiger partial charge in [-0.25, -0.2) is 4.99 Å². The highest BCUT2D eigenvalue weighted by Crippen LogP contribution is 2.29. The average Bonchev–Trinajstić information content (AvgIpc) is 3.00. The van der Waals surface area contributed by atoms with Crippen molar-refractivity contribution >= 4 is 41.7 Å². The molecule has 1 saturated carbocycles. The molecule has 6 heteroatoms. The van der Waals surface area contributed by atoms with Crippen LogP contribution in [-0.4, -0.2) is 29.5 Å². The minimum absolute atomic E-state index is 0. The van der Waals surface area contributed by atoms with Crippen molar-refractivity contribution < 1.29 is 0 Å². The zero-order chi connectivity index (χ0) is 16.5. The number of thioether (sulfide) groups is 1. The smallest absolute Gasteiger partial charge is 0.191 e. The van der Waals surface area contributed by atoms with Crippen LogP contribution in [0, 0.1) is 11.3 Å². The van der Waals surface area contributed by atoms with E-state index in [4.69, 9.17) is 5.26 Å². The van der Waals surface area contributed by atoms with E-state index in [9.17, 15) is 0 Å². The second-order valence-corrected chi connectivity index (χ2v) is 7.32. The van der Waals surface area contributed by atoms with Crippen LogP contribution in [-0.2, 0) is 6.54 Å². The first-order valence-corrected chi connectivity index (χ1v) is 9.45. The molecule has 132 valence electrons. The van der Waals surface area contributed by atoms with Gasteiger partial charge in [0.2, 0.25) is 0 Å². The molecule has 4 nitrogen and oxygen atoms in total. The normalized spacial score (nSPS) is 20.1. The molecule has 0 radical (unpaired) electrons. The Bertz CT molecular complexity index is 570. The fourth-order valence-electron chi connectivity index (χ4n) is 2.88. The van der Waals surface area contributed by atoms with Gasteiger partial charge in [0.1, 0.15) is 0 Å². The number of benzene rings is 1. The van der Waals surface area contributed by atoms with Gasteiger partial charge in [-0.1, -0.05) is 19.1 Å². The van der Waals surface area contributed by atoms with Crippen LogP contribution in [0.25, 0.3) is 0 Å². The number of nitrogens with zero attached hydrogens (tertiary/aromatic N) is 2. The molecule has 2 atom stereocenters. The molecule has 1 aromatic rings. The Morgan fingerprint density at radius 2 is 2.21 bits per heavy atom. The monoisotopic (exact) mass is 458 g/mol. The standard InChI is InChI=1S/C18H26N4S.HI/c1-3-20-18(22-16-8-9-17(11-16)23-4-2)21-13-15-7-5-6-14(10-15)12-19;/h5-7,10,16-17H,3-4,8-9,11,13H2,1-2H3,(H2,20,21,22);1H. The maximum Gasteiger partial charge on any atom is 0.191 e. The van der Waals surface area contributed by atoms with Crippen molar-refractivity contribution in [3.63, 3.8) is 0 Å². The van der Waals surface area contributed by atoms with Gasteiger partial charge in [0.05, 0.1) is 18.2 Å². The van der Waals surface area contributed by atoms with Crippen molar-refractivity contribution in [2.45, 2.75) is 50.9 Å². The molecule has 2 N–H and O–H groups in total. The number of hydrogen-bond donors (Lipinski definition) is 2. The van der Waals surface area contributed by atoms with Crippen LogP contribution in [0.1, 0.15) is 44.2 Å². The molecule has 0 spiro atoms. The first-order valence-electron chi connectivity index (χ1n) is 8.40. The molecule has 1 aliphatic rings. The maximum absolute atomic E-state index is 8.97. The van der Waals surface area contributed by atoms with Crippen molar-refractivity contribution in [1.29, 1.82) is 5.26 Å². The van der Waals surface area contributed by atoms with Crippen LogP contribution in [0.2, 0.25) is 0 Å². The predicted molar refractivity (Wildman–Crippen MR) is 114 cm³/mol. The average molecular weight is 458 g/mol. The Hall–Kier alpha value is -0.940. The molecular weight excluding hydrogens is 431 g/mol. The summed E-state index contributed by atoms with van der Waals surface area (Å²) in [6, 6.07) is 10.3. The molecule has 0 aliphatic heterocycles. The van der Waals surface area contributed by atoms with Gasteiger partial charge in [0.15, 0.2) is 5.96 Å². The van der Waals surface area contributed by atoms with Crippen LogP contribution < -0.4 is 10.6 Å². The number of rotatable bonds is 6. The lowest BCUT2D eigenvalue weighted by Gasteiger charge is -2.17. The number of nitriles is 1. The Labute approximate surface area is 166 Å². The number of guanidine groups is 1. The molecule has 24 heavy (non-hydrogen) atoms. The minimum Gasteiger partial charge on any atom is -0.357 e. The van der Waals surface area contributed by atoms with E-state index < -0.39 is 0 Å². The fraction of sp³-hybridized carbons (Fsp3) is 0.556. The lowest BCUT2D eigenvalue weighted by atomic mass is 10.1. The van der Waals surface area contributed by atoms with E-state index in [2.05, 4.69) is 47.3 Å². The molecule has 2 rings (SSSR count). The zero-order valence-electron chi connectivity index (χ0n) is 14.4. The van der Waals surface area contributed by atoms with E-state index >= 15 is 0 Å². The SMILES string of the molecule is CCNC(=NCc1cccc(C#N)c1)NC1CCC(SCC)C1.I. The molecule has 0 saturated heterocycles. The second kappa shape index (κ2) is 11.6. The largest absolute Gasteiger partial charge is 0.357 e. The van der Waals surface area contributed by atoms with Crippen LogP contribution in [0.15, 0.2) is 29.3 Å². The molecule has 0 aromatic heterocycles. The molecule has 1 fully saturated rings. The Morgan fingerprint density at radius 3 is 2.92 bits per heavy atom. The van der Waals surface area contributed by atoms with E-state index in [0.29, 0.717) is 18.2 Å². The van der Waals surface area contributed by atoms with Gasteiger partial charge in [0.25, 0.3) is 0 Å². The predicted octanol–water partition coefficient (Wildman–Crippen LogP) is 3.91. The minimum atomic E-state index is 0. The van der Waals surface area contributed by atoms with E-state index in [0.717, 1.165) is 23.3 Å². The highest BCUT2D eigenvalue weighted by Gasteiger charge is 2.24. The molecule has 1 aromatic carbocycles. The summed E-state index contributed by atoms with van der Waals surface area (Å²) in [6.45, 7) is 5.75. The summed E-state index contributed by atoms with van der Waals surface area (Å²) in [5, 5.41) is 16.6. The van der Waals surface area contributed by atoms with E-state index in [1.807, 2.05) is 24.3 Å². The van der Waals surface area contributed by atoms with Gasteiger partial charge in [-0.05, 0) is 49.6 Å². The first-order chi connectivity index (χ1) is 11.2. The van der Waals surface area contributed by atoms with Crippen molar-refractivity contribution in [2.24, 2.45) is 4.99 Å². The van der Waals surface area contributed by atoms with E-state index in [1.54, 1.807) is 0 Å². The van der Waals surface area contributed by atoms with E-state index in [1.165, 1.54) is 25.0 Å². The lowest BCUT2D eigenvalue weighted by molar-refractivity contribution is 0.615. The summed E-state index contributed by atoms with van der Waals surface area (Å²) in [4.78, 5) is 4.67. The van der Waals surface area contributed by atoms with Crippen molar-refractivity contribution in [3.8, 4) is 6.07 Å². The molecule has 0 amide bonds. The highest BCUT2D eigenvalue weighted by molar-refractivity contribution is 14.0. The van der Waals surface area contributed by atoms with Gasteiger partial charge < -0.3 is 10.6 Å².